The van der Waals surface area contributed by atoms with Crippen molar-refractivity contribution < 1.29 is 9.59 Å². The molecule has 1 heterocycles. The number of thiophene rings is 1. The number of hydrogen-bond donors (Lipinski definition) is 1. The van der Waals surface area contributed by atoms with Crippen LogP contribution in [0.2, 0.25) is 10.0 Å². The van der Waals surface area contributed by atoms with Gasteiger partial charge in [0.25, 0.3) is 5.91 Å². The van der Waals surface area contributed by atoms with Crippen LogP contribution in [0.5, 0.6) is 0 Å². The number of carbonyl (C=O) groups is 2. The molecule has 2 amide bonds. The third-order valence-electron chi connectivity index (χ3n) is 3.10. The Morgan fingerprint density at radius 2 is 2.00 bits per heavy atom. The number of anilines is 1. The highest BCUT2D eigenvalue weighted by molar-refractivity contribution is 9.11. The van der Waals surface area contributed by atoms with Gasteiger partial charge in [-0.25, -0.2) is 0 Å². The van der Waals surface area contributed by atoms with Crippen molar-refractivity contribution in [2.75, 3.05) is 18.4 Å². The number of nitrogens with zero attached hydrogens (tertiary/aromatic N) is 1. The van der Waals surface area contributed by atoms with Crippen molar-refractivity contribution in [2.24, 2.45) is 0 Å². The van der Waals surface area contributed by atoms with E-state index in [-0.39, 0.29) is 18.4 Å². The molecule has 0 atom stereocenters. The van der Waals surface area contributed by atoms with Crippen LogP contribution in [0.3, 0.4) is 0 Å². The first-order valence-electron chi connectivity index (χ1n) is 7.20. The SMILES string of the molecule is CCCN(CC(=O)Nc1ccc(Cl)cc1Cl)C(=O)c1ccc(Br)s1. The molecule has 0 saturated carbocycles. The Kier molecular flexibility index (Phi) is 7.10. The van der Waals surface area contributed by atoms with Gasteiger partial charge in [0.15, 0.2) is 0 Å². The van der Waals surface area contributed by atoms with Gasteiger partial charge in [-0.15, -0.1) is 11.3 Å². The lowest BCUT2D eigenvalue weighted by Gasteiger charge is -2.21. The number of benzene rings is 1. The fourth-order valence-corrected chi connectivity index (χ4v) is 3.87. The second-order valence-electron chi connectivity index (χ2n) is 5.00. The lowest BCUT2D eigenvalue weighted by atomic mass is 10.3. The number of nitrogens with one attached hydrogen (secondary N) is 1. The average molecular weight is 450 g/mol. The molecule has 8 heteroatoms. The molecule has 0 saturated heterocycles. The molecule has 0 aliphatic heterocycles. The van der Waals surface area contributed by atoms with E-state index in [1.807, 2.05) is 13.0 Å². The number of amides is 2. The third-order valence-corrected chi connectivity index (χ3v) is 5.26. The zero-order chi connectivity index (χ0) is 17.7. The maximum atomic E-state index is 12.5. The average Bonchev–Trinajstić information content (AvgIpc) is 2.95. The van der Waals surface area contributed by atoms with Gasteiger partial charge in [-0.05, 0) is 52.7 Å². The molecule has 128 valence electrons. The summed E-state index contributed by atoms with van der Waals surface area (Å²) in [5.74, 6) is -0.471. The summed E-state index contributed by atoms with van der Waals surface area (Å²) in [5.41, 5.74) is 0.467. The first kappa shape index (κ1) is 19.2. The Bertz CT molecular complexity index is 751. The van der Waals surface area contributed by atoms with Crippen molar-refractivity contribution in [1.29, 1.82) is 0 Å². The fourth-order valence-electron chi connectivity index (χ4n) is 2.06. The summed E-state index contributed by atoms with van der Waals surface area (Å²) in [6, 6.07) is 8.38. The summed E-state index contributed by atoms with van der Waals surface area (Å²) >= 11 is 16.6. The molecule has 2 rings (SSSR count). The lowest BCUT2D eigenvalue weighted by molar-refractivity contribution is -0.116. The van der Waals surface area contributed by atoms with E-state index in [0.717, 1.165) is 10.2 Å². The zero-order valence-corrected chi connectivity index (χ0v) is 16.7. The predicted molar refractivity (Wildman–Crippen MR) is 103 cm³/mol. The minimum Gasteiger partial charge on any atom is -0.329 e. The second kappa shape index (κ2) is 8.85. The van der Waals surface area contributed by atoms with E-state index >= 15 is 0 Å². The highest BCUT2D eigenvalue weighted by atomic mass is 79.9. The van der Waals surface area contributed by atoms with E-state index in [1.54, 1.807) is 24.3 Å². The highest BCUT2D eigenvalue weighted by Gasteiger charge is 2.20. The van der Waals surface area contributed by atoms with Crippen LogP contribution in [0, 0.1) is 0 Å². The molecule has 2 aromatic rings. The maximum Gasteiger partial charge on any atom is 0.264 e. The van der Waals surface area contributed by atoms with E-state index in [0.29, 0.717) is 27.2 Å². The Morgan fingerprint density at radius 1 is 1.25 bits per heavy atom. The molecule has 0 aliphatic carbocycles. The van der Waals surface area contributed by atoms with Gasteiger partial charge in [-0.3, -0.25) is 9.59 Å². The maximum absolute atomic E-state index is 12.5. The quantitative estimate of drug-likeness (QED) is 0.649. The summed E-state index contributed by atoms with van der Waals surface area (Å²) in [6.45, 7) is 2.41. The van der Waals surface area contributed by atoms with Gasteiger partial charge in [-0.1, -0.05) is 30.1 Å². The summed E-state index contributed by atoms with van der Waals surface area (Å²) in [7, 11) is 0. The minimum atomic E-state index is -0.309. The first-order valence-corrected chi connectivity index (χ1v) is 9.56. The Hall–Kier alpha value is -1.08. The summed E-state index contributed by atoms with van der Waals surface area (Å²) in [4.78, 5) is 26.9. The van der Waals surface area contributed by atoms with Gasteiger partial charge >= 0.3 is 0 Å². The molecule has 0 bridgehead atoms. The topological polar surface area (TPSA) is 49.4 Å². The van der Waals surface area contributed by atoms with Gasteiger partial charge < -0.3 is 10.2 Å². The van der Waals surface area contributed by atoms with Gasteiger partial charge in [0.1, 0.15) is 6.54 Å². The van der Waals surface area contributed by atoms with Crippen LogP contribution in [0.15, 0.2) is 34.1 Å². The number of rotatable bonds is 6. The van der Waals surface area contributed by atoms with Crippen LogP contribution in [-0.4, -0.2) is 29.8 Å². The molecular formula is C16H15BrCl2N2O2S. The molecule has 1 aromatic heterocycles. The summed E-state index contributed by atoms with van der Waals surface area (Å²) in [6.07, 6.45) is 0.757. The van der Waals surface area contributed by atoms with E-state index in [4.69, 9.17) is 23.2 Å². The Balaban J connectivity index is 2.06. The van der Waals surface area contributed by atoms with E-state index in [1.165, 1.54) is 16.2 Å². The van der Waals surface area contributed by atoms with Crippen molar-refractivity contribution in [3.63, 3.8) is 0 Å². The summed E-state index contributed by atoms with van der Waals surface area (Å²) in [5, 5.41) is 3.55. The highest BCUT2D eigenvalue weighted by Crippen LogP contribution is 2.26. The van der Waals surface area contributed by atoms with Gasteiger partial charge in [-0.2, -0.15) is 0 Å². The van der Waals surface area contributed by atoms with Gasteiger partial charge in [0.2, 0.25) is 5.91 Å². The van der Waals surface area contributed by atoms with Gasteiger partial charge in [0.05, 0.1) is 19.4 Å². The predicted octanol–water partition coefficient (Wildman–Crippen LogP) is 5.31. The Morgan fingerprint density at radius 3 is 2.58 bits per heavy atom. The molecule has 0 aliphatic rings. The molecule has 0 radical (unpaired) electrons. The van der Waals surface area contributed by atoms with Crippen molar-refractivity contribution in [3.05, 3.63) is 49.0 Å². The number of halogens is 3. The molecule has 4 nitrogen and oxygen atoms in total. The molecule has 1 N–H and O–H groups in total. The van der Waals surface area contributed by atoms with Crippen molar-refractivity contribution in [1.82, 2.24) is 4.90 Å². The van der Waals surface area contributed by atoms with Crippen molar-refractivity contribution in [2.45, 2.75) is 13.3 Å². The standard InChI is InChI=1S/C16H15BrCl2N2O2S/c1-2-7-21(16(23)13-5-6-14(17)24-13)9-15(22)20-12-4-3-10(18)8-11(12)19/h3-6,8H,2,7,9H2,1H3,(H,20,22). The smallest absolute Gasteiger partial charge is 0.264 e. The van der Waals surface area contributed by atoms with Crippen LogP contribution < -0.4 is 5.32 Å². The molecule has 1 aromatic carbocycles. The van der Waals surface area contributed by atoms with Crippen molar-refractivity contribution >= 4 is 68.0 Å². The fraction of sp³-hybridized carbons (Fsp3) is 0.250. The zero-order valence-electron chi connectivity index (χ0n) is 12.8. The number of hydrogen-bond acceptors (Lipinski definition) is 3. The molecule has 24 heavy (non-hydrogen) atoms. The molecule has 0 spiro atoms. The van der Waals surface area contributed by atoms with E-state index in [9.17, 15) is 9.59 Å². The van der Waals surface area contributed by atoms with Crippen LogP contribution in [0.4, 0.5) is 5.69 Å². The van der Waals surface area contributed by atoms with E-state index < -0.39 is 0 Å². The molecular weight excluding hydrogens is 435 g/mol. The van der Waals surface area contributed by atoms with Crippen LogP contribution >= 0.6 is 50.5 Å². The first-order chi connectivity index (χ1) is 11.4. The largest absolute Gasteiger partial charge is 0.329 e. The second-order valence-corrected chi connectivity index (χ2v) is 8.31. The minimum absolute atomic E-state index is 0.0405. The van der Waals surface area contributed by atoms with Crippen LogP contribution in [-0.2, 0) is 4.79 Å². The van der Waals surface area contributed by atoms with Crippen LogP contribution in [0.1, 0.15) is 23.0 Å². The lowest BCUT2D eigenvalue weighted by Crippen LogP contribution is -2.38. The Labute approximate surface area is 162 Å². The van der Waals surface area contributed by atoms with Crippen molar-refractivity contribution in [3.8, 4) is 0 Å². The van der Waals surface area contributed by atoms with Crippen LogP contribution in [0.25, 0.3) is 0 Å². The third kappa shape index (κ3) is 5.21. The molecule has 0 fully saturated rings. The normalized spacial score (nSPS) is 10.5. The summed E-state index contributed by atoms with van der Waals surface area (Å²) < 4.78 is 0.875. The monoisotopic (exact) mass is 448 g/mol. The molecule has 0 unspecified atom stereocenters. The van der Waals surface area contributed by atoms with Gasteiger partial charge in [0, 0.05) is 11.6 Å². The van der Waals surface area contributed by atoms with E-state index in [2.05, 4.69) is 21.2 Å². The number of carbonyl (C=O) groups excluding carboxylic acids is 2.